The number of benzene rings is 3. The van der Waals surface area contributed by atoms with E-state index < -0.39 is 0 Å². The molecule has 33 heavy (non-hydrogen) atoms. The summed E-state index contributed by atoms with van der Waals surface area (Å²) in [7, 11) is 0. The molecule has 6 aromatic rings. The average Bonchev–Trinajstić information content (AvgIpc) is 3.41. The molecule has 0 saturated heterocycles. The number of nitrogens with zero attached hydrogens (tertiary/aromatic N) is 1. The molecule has 3 aromatic carbocycles. The van der Waals surface area contributed by atoms with Crippen LogP contribution < -0.4 is 0 Å². The van der Waals surface area contributed by atoms with Gasteiger partial charge >= 0.3 is 0 Å². The van der Waals surface area contributed by atoms with Crippen LogP contribution in [-0.4, -0.2) is 4.98 Å². The van der Waals surface area contributed by atoms with Crippen molar-refractivity contribution in [3.8, 4) is 21.7 Å². The minimum absolute atomic E-state index is 0.0518. The number of fused-ring (bicyclic) bond motifs is 3. The summed E-state index contributed by atoms with van der Waals surface area (Å²) in [5.74, 6) is 0. The van der Waals surface area contributed by atoms with Gasteiger partial charge in [-0.05, 0) is 75.3 Å². The van der Waals surface area contributed by atoms with Gasteiger partial charge in [0.15, 0.2) is 0 Å². The topological polar surface area (TPSA) is 12.9 Å². The summed E-state index contributed by atoms with van der Waals surface area (Å²) < 4.78 is 2.61. The van der Waals surface area contributed by atoms with E-state index in [0.717, 1.165) is 5.69 Å². The number of thiophene rings is 2. The highest BCUT2D eigenvalue weighted by molar-refractivity contribution is 7.23. The molecule has 0 radical (unpaired) electrons. The van der Waals surface area contributed by atoms with Crippen molar-refractivity contribution in [1.82, 2.24) is 4.98 Å². The molecule has 3 heterocycles. The van der Waals surface area contributed by atoms with E-state index in [1.807, 2.05) is 28.9 Å². The van der Waals surface area contributed by atoms with E-state index in [-0.39, 0.29) is 5.41 Å². The van der Waals surface area contributed by atoms with Crippen molar-refractivity contribution in [3.05, 3.63) is 89.4 Å². The van der Waals surface area contributed by atoms with E-state index in [1.54, 1.807) is 0 Å². The molecule has 0 unspecified atom stereocenters. The fourth-order valence-corrected chi connectivity index (χ4v) is 6.99. The van der Waals surface area contributed by atoms with Gasteiger partial charge in [0.05, 0.1) is 10.4 Å². The van der Waals surface area contributed by atoms with E-state index in [1.165, 1.54) is 58.1 Å². The van der Waals surface area contributed by atoms with Gasteiger partial charge in [-0.2, -0.15) is 0 Å². The lowest BCUT2D eigenvalue weighted by molar-refractivity contribution is 0.596. The quantitative estimate of drug-likeness (QED) is 0.249. The Morgan fingerprint density at radius 3 is 2.55 bits per heavy atom. The van der Waals surface area contributed by atoms with Gasteiger partial charge in [0.1, 0.15) is 0 Å². The van der Waals surface area contributed by atoms with Crippen LogP contribution in [0.1, 0.15) is 31.9 Å². The maximum absolute atomic E-state index is 4.90. The summed E-state index contributed by atoms with van der Waals surface area (Å²) in [6, 6.07) is 24.5. The molecule has 0 fully saturated rings. The molecular formula is C30H25NS2. The van der Waals surface area contributed by atoms with Crippen molar-refractivity contribution < 1.29 is 0 Å². The monoisotopic (exact) mass is 463 g/mol. The zero-order chi connectivity index (χ0) is 22.7. The zero-order valence-electron chi connectivity index (χ0n) is 19.3. The van der Waals surface area contributed by atoms with Crippen LogP contribution in [0.3, 0.4) is 0 Å². The van der Waals surface area contributed by atoms with Crippen LogP contribution in [0.25, 0.3) is 52.6 Å². The largest absolute Gasteiger partial charge is 0.255 e. The van der Waals surface area contributed by atoms with Crippen molar-refractivity contribution in [1.29, 1.82) is 0 Å². The third kappa shape index (κ3) is 3.38. The second kappa shape index (κ2) is 7.51. The van der Waals surface area contributed by atoms with Gasteiger partial charge in [0.25, 0.3) is 0 Å². The van der Waals surface area contributed by atoms with Gasteiger partial charge < -0.3 is 0 Å². The molecule has 0 spiro atoms. The molecule has 162 valence electrons. The first-order chi connectivity index (χ1) is 15.9. The third-order valence-electron chi connectivity index (χ3n) is 6.43. The van der Waals surface area contributed by atoms with Gasteiger partial charge in [0.2, 0.25) is 0 Å². The molecule has 0 aliphatic heterocycles. The molecule has 0 aliphatic carbocycles. The van der Waals surface area contributed by atoms with Crippen LogP contribution in [0, 0.1) is 6.92 Å². The van der Waals surface area contributed by atoms with Crippen molar-refractivity contribution >= 4 is 53.6 Å². The smallest absolute Gasteiger partial charge is 0.0880 e. The standard InChI is InChI=1S/C30H25NS2/c1-18-17-32-25-11-7-10-23(27(18)25)26-16-20-12-13-31-28(29(20)33-26)21-14-19-8-5-6-9-22(19)24(15-21)30(2,3)4/h5-17H,1-4H3. The Balaban J connectivity index is 1.60. The Hall–Kier alpha value is -3.01. The molecule has 0 amide bonds. The number of hydrogen-bond acceptors (Lipinski definition) is 3. The molecule has 0 N–H and O–H groups in total. The first-order valence-corrected chi connectivity index (χ1v) is 13.0. The van der Waals surface area contributed by atoms with Crippen LogP contribution in [0.2, 0.25) is 0 Å². The predicted molar refractivity (Wildman–Crippen MR) is 147 cm³/mol. The van der Waals surface area contributed by atoms with Crippen molar-refractivity contribution in [2.75, 3.05) is 0 Å². The van der Waals surface area contributed by atoms with Gasteiger partial charge in [-0.1, -0.05) is 57.2 Å². The van der Waals surface area contributed by atoms with Crippen molar-refractivity contribution in [3.63, 3.8) is 0 Å². The van der Waals surface area contributed by atoms with Crippen LogP contribution in [0.4, 0.5) is 0 Å². The average molecular weight is 464 g/mol. The van der Waals surface area contributed by atoms with Crippen LogP contribution in [0.15, 0.2) is 78.3 Å². The van der Waals surface area contributed by atoms with Crippen LogP contribution >= 0.6 is 22.7 Å². The molecule has 6 rings (SSSR count). The number of rotatable bonds is 2. The Labute approximate surface area is 202 Å². The summed E-state index contributed by atoms with van der Waals surface area (Å²) in [6.45, 7) is 9.09. The molecule has 0 bridgehead atoms. The summed E-state index contributed by atoms with van der Waals surface area (Å²) in [5, 5.41) is 7.50. The highest BCUT2D eigenvalue weighted by Gasteiger charge is 2.20. The van der Waals surface area contributed by atoms with E-state index in [2.05, 4.69) is 99.8 Å². The highest BCUT2D eigenvalue weighted by atomic mass is 32.1. The number of hydrogen-bond donors (Lipinski definition) is 0. The Kier molecular flexibility index (Phi) is 4.69. The molecule has 3 heteroatoms. The lowest BCUT2D eigenvalue weighted by Crippen LogP contribution is -2.12. The SMILES string of the molecule is Cc1csc2cccc(-c3cc4ccnc(-c5cc(C(C)(C)C)c6ccccc6c5)c4s3)c12. The summed E-state index contributed by atoms with van der Waals surface area (Å²) in [6.07, 6.45) is 1.95. The highest BCUT2D eigenvalue weighted by Crippen LogP contribution is 2.43. The van der Waals surface area contributed by atoms with Gasteiger partial charge in [-0.25, -0.2) is 0 Å². The molecule has 0 atom stereocenters. The number of aryl methyl sites for hydroxylation is 1. The molecular weight excluding hydrogens is 438 g/mol. The van der Waals surface area contributed by atoms with Crippen molar-refractivity contribution in [2.45, 2.75) is 33.1 Å². The number of aromatic nitrogens is 1. The van der Waals surface area contributed by atoms with Crippen LogP contribution in [-0.2, 0) is 5.41 Å². The number of pyridine rings is 1. The lowest BCUT2D eigenvalue weighted by atomic mass is 9.82. The van der Waals surface area contributed by atoms with Gasteiger partial charge in [-0.3, -0.25) is 4.98 Å². The van der Waals surface area contributed by atoms with E-state index >= 15 is 0 Å². The molecule has 1 nitrogen and oxygen atoms in total. The fraction of sp³-hybridized carbons (Fsp3) is 0.167. The molecule has 3 aromatic heterocycles. The normalized spacial score (nSPS) is 12.2. The second-order valence-electron chi connectivity index (χ2n) is 9.78. The first-order valence-electron chi connectivity index (χ1n) is 11.3. The summed E-state index contributed by atoms with van der Waals surface area (Å²) in [4.78, 5) is 6.20. The first kappa shape index (κ1) is 20.6. The third-order valence-corrected chi connectivity index (χ3v) is 8.68. The summed E-state index contributed by atoms with van der Waals surface area (Å²) in [5.41, 5.74) is 6.37. The maximum atomic E-state index is 4.90. The van der Waals surface area contributed by atoms with Crippen molar-refractivity contribution in [2.24, 2.45) is 0 Å². The Bertz CT molecular complexity index is 1660. The van der Waals surface area contributed by atoms with Gasteiger partial charge in [-0.15, -0.1) is 22.7 Å². The van der Waals surface area contributed by atoms with E-state index in [9.17, 15) is 0 Å². The van der Waals surface area contributed by atoms with Gasteiger partial charge in [0, 0.05) is 32.3 Å². The lowest BCUT2D eigenvalue weighted by Gasteiger charge is -2.22. The Morgan fingerprint density at radius 2 is 1.70 bits per heavy atom. The maximum Gasteiger partial charge on any atom is 0.0880 e. The summed E-state index contributed by atoms with van der Waals surface area (Å²) >= 11 is 3.69. The second-order valence-corrected chi connectivity index (χ2v) is 11.7. The molecule has 0 saturated carbocycles. The Morgan fingerprint density at radius 1 is 0.848 bits per heavy atom. The minimum atomic E-state index is 0.0518. The van der Waals surface area contributed by atoms with E-state index in [0.29, 0.717) is 0 Å². The minimum Gasteiger partial charge on any atom is -0.255 e. The fourth-order valence-electron chi connectivity index (χ4n) is 4.82. The van der Waals surface area contributed by atoms with Crippen LogP contribution in [0.5, 0.6) is 0 Å². The van der Waals surface area contributed by atoms with E-state index in [4.69, 9.17) is 4.98 Å². The predicted octanol–water partition coefficient (Wildman–Crippen LogP) is 9.60. The molecule has 0 aliphatic rings. The zero-order valence-corrected chi connectivity index (χ0v) is 20.9.